The van der Waals surface area contributed by atoms with E-state index in [2.05, 4.69) is 73.0 Å². The van der Waals surface area contributed by atoms with Gasteiger partial charge in [-0.25, -0.2) is 0 Å². The van der Waals surface area contributed by atoms with E-state index in [9.17, 15) is 0 Å². The summed E-state index contributed by atoms with van der Waals surface area (Å²) in [7, 11) is 2.11. The Labute approximate surface area is 234 Å². The monoisotopic (exact) mass is 552 g/mol. The van der Waals surface area contributed by atoms with E-state index < -0.39 is 6.26 Å². The van der Waals surface area contributed by atoms with Crippen molar-refractivity contribution in [3.05, 3.63) is 120 Å². The van der Waals surface area contributed by atoms with Crippen molar-refractivity contribution in [1.82, 2.24) is 0 Å². The van der Waals surface area contributed by atoms with E-state index in [0.717, 1.165) is 33.8 Å². The van der Waals surface area contributed by atoms with Crippen molar-refractivity contribution in [1.29, 1.82) is 0 Å². The van der Waals surface area contributed by atoms with Gasteiger partial charge in [0.2, 0.25) is 6.79 Å². The van der Waals surface area contributed by atoms with Gasteiger partial charge < -0.3 is 18.9 Å². The third-order valence-corrected chi connectivity index (χ3v) is 10.4. The van der Waals surface area contributed by atoms with Gasteiger partial charge in [0.1, 0.15) is 5.75 Å². The van der Waals surface area contributed by atoms with Crippen LogP contribution in [0.4, 0.5) is 11.4 Å². The standard InChI is InChI=1S/C32H29N2O3PS/c1-32(2)27-11-7-8-12-28(27)34(3)31(32)21-38(39,26-9-5-4-6-10-26)37-25-16-13-23(14-17-25)20-33-24-15-18-29-30(19-24)36-22-35-29/h4-21H,22H2,1-3H3/b31-21-,33-20?. The summed E-state index contributed by atoms with van der Waals surface area (Å²) < 4.78 is 17.5. The van der Waals surface area contributed by atoms with Crippen molar-refractivity contribution in [3.63, 3.8) is 0 Å². The maximum Gasteiger partial charge on any atom is 0.231 e. The second kappa shape index (κ2) is 10.0. The minimum absolute atomic E-state index is 0.192. The molecule has 0 radical (unpaired) electrons. The van der Waals surface area contributed by atoms with Gasteiger partial charge in [0.15, 0.2) is 17.8 Å². The summed E-state index contributed by atoms with van der Waals surface area (Å²) in [6.07, 6.45) is -0.781. The quantitative estimate of drug-likeness (QED) is 0.183. The molecule has 6 rings (SSSR count). The number of ether oxygens (including phenoxy) is 2. The fourth-order valence-electron chi connectivity index (χ4n) is 5.07. The fraction of sp³-hybridized carbons (Fsp3) is 0.156. The second-order valence-electron chi connectivity index (χ2n) is 10.1. The molecule has 2 aliphatic rings. The molecule has 0 amide bonds. The topological polar surface area (TPSA) is 43.3 Å². The van der Waals surface area contributed by atoms with Crippen LogP contribution in [0.3, 0.4) is 0 Å². The highest BCUT2D eigenvalue weighted by Gasteiger charge is 2.40. The molecule has 0 saturated carbocycles. The second-order valence-corrected chi connectivity index (χ2v) is 13.9. The van der Waals surface area contributed by atoms with Crippen molar-refractivity contribution in [2.24, 2.45) is 4.99 Å². The minimum atomic E-state index is -2.60. The molecule has 7 heteroatoms. The van der Waals surface area contributed by atoms with Gasteiger partial charge in [-0.05, 0) is 65.4 Å². The van der Waals surface area contributed by atoms with Crippen molar-refractivity contribution in [2.75, 3.05) is 18.7 Å². The van der Waals surface area contributed by atoms with E-state index in [1.807, 2.05) is 66.9 Å². The molecule has 0 bridgehead atoms. The zero-order chi connectivity index (χ0) is 27.0. The molecule has 1 atom stereocenters. The Kier molecular flexibility index (Phi) is 6.54. The van der Waals surface area contributed by atoms with Gasteiger partial charge in [-0.15, -0.1) is 0 Å². The lowest BCUT2D eigenvalue weighted by Crippen LogP contribution is -2.24. The van der Waals surface area contributed by atoms with Crippen LogP contribution in [-0.4, -0.2) is 20.1 Å². The Morgan fingerprint density at radius 1 is 0.897 bits per heavy atom. The van der Waals surface area contributed by atoms with Gasteiger partial charge in [-0.1, -0.05) is 62.4 Å². The van der Waals surface area contributed by atoms with Crippen LogP contribution >= 0.6 is 6.26 Å². The Bertz CT molecular complexity index is 1630. The average molecular weight is 553 g/mol. The molecule has 196 valence electrons. The Balaban J connectivity index is 1.29. The lowest BCUT2D eigenvalue weighted by atomic mass is 9.84. The maximum absolute atomic E-state index is 6.71. The van der Waals surface area contributed by atoms with Crippen molar-refractivity contribution >= 4 is 41.0 Å². The number of hydrogen-bond donors (Lipinski definition) is 0. The number of anilines is 1. The summed E-state index contributed by atoms with van der Waals surface area (Å²) in [5, 5.41) is 1.01. The zero-order valence-corrected chi connectivity index (χ0v) is 23.8. The van der Waals surface area contributed by atoms with Gasteiger partial charge in [0.05, 0.1) is 5.69 Å². The van der Waals surface area contributed by atoms with Gasteiger partial charge in [0.25, 0.3) is 0 Å². The molecule has 2 aliphatic heterocycles. The molecule has 0 N–H and O–H groups in total. The number of nitrogens with zero attached hydrogens (tertiary/aromatic N) is 2. The van der Waals surface area contributed by atoms with Crippen LogP contribution < -0.4 is 24.2 Å². The number of allylic oxidation sites excluding steroid dienone is 1. The van der Waals surface area contributed by atoms with Gasteiger partial charge in [-0.3, -0.25) is 4.99 Å². The van der Waals surface area contributed by atoms with E-state index in [1.165, 1.54) is 11.3 Å². The van der Waals surface area contributed by atoms with Crippen molar-refractivity contribution in [3.8, 4) is 17.2 Å². The van der Waals surface area contributed by atoms with Gasteiger partial charge in [0, 0.05) is 47.2 Å². The zero-order valence-electron chi connectivity index (χ0n) is 22.1. The van der Waals surface area contributed by atoms with E-state index in [4.69, 9.17) is 25.8 Å². The summed E-state index contributed by atoms with van der Waals surface area (Å²) in [5.74, 6) is 4.39. The molecule has 0 aromatic heterocycles. The Morgan fingerprint density at radius 3 is 2.38 bits per heavy atom. The minimum Gasteiger partial charge on any atom is -0.458 e. The normalized spacial score (nSPS) is 17.8. The molecule has 2 heterocycles. The molecule has 5 nitrogen and oxygen atoms in total. The predicted molar refractivity (Wildman–Crippen MR) is 163 cm³/mol. The number of likely N-dealkylation sites (N-methyl/N-ethyl adjacent to an activating group) is 1. The summed E-state index contributed by atoms with van der Waals surface area (Å²) in [4.78, 5) is 6.84. The first-order valence-electron chi connectivity index (χ1n) is 12.8. The predicted octanol–water partition coefficient (Wildman–Crippen LogP) is 7.53. The first-order chi connectivity index (χ1) is 18.8. The Hall–Kier alpha value is -3.86. The number of fused-ring (bicyclic) bond motifs is 2. The molecule has 0 aliphatic carbocycles. The van der Waals surface area contributed by atoms with Gasteiger partial charge in [-0.2, -0.15) is 0 Å². The maximum atomic E-state index is 6.71. The molecular weight excluding hydrogens is 523 g/mol. The third-order valence-electron chi connectivity index (χ3n) is 7.19. The number of hydrogen-bond acceptors (Lipinski definition) is 6. The Morgan fingerprint density at radius 2 is 1.62 bits per heavy atom. The highest BCUT2D eigenvalue weighted by atomic mass is 32.4. The SMILES string of the molecule is CN1/C(=C\P(=S)(Oc2ccc(C=Nc3ccc4c(c3)OCO4)cc2)c2ccccc2)C(C)(C)c2ccccc21. The first-order valence-corrected chi connectivity index (χ1v) is 15.6. The molecule has 0 fully saturated rings. The molecule has 0 saturated heterocycles. The van der Waals surface area contributed by atoms with Crippen LogP contribution in [0.2, 0.25) is 0 Å². The molecule has 4 aromatic carbocycles. The lowest BCUT2D eigenvalue weighted by Gasteiger charge is -2.28. The average Bonchev–Trinajstić information content (AvgIpc) is 3.50. The number of rotatable bonds is 6. The van der Waals surface area contributed by atoms with Crippen LogP contribution in [0.5, 0.6) is 17.2 Å². The number of benzene rings is 4. The van der Waals surface area contributed by atoms with Crippen LogP contribution in [0, 0.1) is 0 Å². The van der Waals surface area contributed by atoms with Crippen LogP contribution in [0.25, 0.3) is 0 Å². The molecule has 39 heavy (non-hydrogen) atoms. The summed E-state index contributed by atoms with van der Waals surface area (Å²) >= 11 is 6.38. The summed E-state index contributed by atoms with van der Waals surface area (Å²) in [5.41, 5.74) is 5.22. The van der Waals surface area contributed by atoms with E-state index in [-0.39, 0.29) is 12.2 Å². The molecular formula is C32H29N2O3PS. The highest BCUT2D eigenvalue weighted by molar-refractivity contribution is 8.17. The van der Waals surface area contributed by atoms with Crippen molar-refractivity contribution < 1.29 is 14.0 Å². The van der Waals surface area contributed by atoms with Crippen LogP contribution in [-0.2, 0) is 17.2 Å². The lowest BCUT2D eigenvalue weighted by molar-refractivity contribution is 0.174. The smallest absolute Gasteiger partial charge is 0.231 e. The van der Waals surface area contributed by atoms with Gasteiger partial charge >= 0.3 is 0 Å². The highest BCUT2D eigenvalue weighted by Crippen LogP contribution is 2.55. The van der Waals surface area contributed by atoms with E-state index in [0.29, 0.717) is 5.75 Å². The third kappa shape index (κ3) is 4.87. The summed E-state index contributed by atoms with van der Waals surface area (Å²) in [6, 6.07) is 32.3. The van der Waals surface area contributed by atoms with Crippen LogP contribution in [0.15, 0.2) is 114 Å². The number of aliphatic imine (C=N–C) groups is 1. The number of para-hydroxylation sites is 1. The largest absolute Gasteiger partial charge is 0.458 e. The van der Waals surface area contributed by atoms with E-state index in [1.54, 1.807) is 0 Å². The molecule has 1 unspecified atom stereocenters. The molecule has 0 spiro atoms. The first kappa shape index (κ1) is 25.4. The summed E-state index contributed by atoms with van der Waals surface area (Å²) in [6.45, 7) is 4.75. The van der Waals surface area contributed by atoms with Crippen molar-refractivity contribution in [2.45, 2.75) is 19.3 Å². The fourth-order valence-corrected chi connectivity index (χ4v) is 8.14. The van der Waals surface area contributed by atoms with Crippen LogP contribution in [0.1, 0.15) is 25.0 Å². The van der Waals surface area contributed by atoms with E-state index >= 15 is 0 Å². The molecule has 4 aromatic rings.